The van der Waals surface area contributed by atoms with E-state index in [0.29, 0.717) is 17.8 Å². The molecule has 0 fully saturated rings. The van der Waals surface area contributed by atoms with Crippen LogP contribution in [0, 0.1) is 11.6 Å². The molecule has 3 nitrogen and oxygen atoms in total. The van der Waals surface area contributed by atoms with Gasteiger partial charge in [-0.15, -0.1) is 0 Å². The van der Waals surface area contributed by atoms with Crippen molar-refractivity contribution in [1.82, 2.24) is 10.3 Å². The maximum Gasteiger partial charge on any atom is 0.129 e. The van der Waals surface area contributed by atoms with Gasteiger partial charge in [-0.1, -0.05) is 19.1 Å². The van der Waals surface area contributed by atoms with Gasteiger partial charge in [-0.2, -0.15) is 0 Å². The fourth-order valence-corrected chi connectivity index (χ4v) is 2.24. The molecule has 1 aromatic carbocycles. The van der Waals surface area contributed by atoms with E-state index in [2.05, 4.69) is 17.2 Å². The van der Waals surface area contributed by atoms with E-state index in [1.54, 1.807) is 12.3 Å². The van der Waals surface area contributed by atoms with Crippen molar-refractivity contribution in [3.63, 3.8) is 0 Å². The van der Waals surface area contributed by atoms with Gasteiger partial charge in [-0.05, 0) is 37.1 Å². The summed E-state index contributed by atoms with van der Waals surface area (Å²) in [5.74, 6) is -0.690. The Morgan fingerprint density at radius 3 is 2.76 bits per heavy atom. The zero-order valence-electron chi connectivity index (χ0n) is 11.9. The van der Waals surface area contributed by atoms with E-state index in [1.807, 2.05) is 6.07 Å². The number of hydrogen-bond acceptors (Lipinski definition) is 3. The highest BCUT2D eigenvalue weighted by Gasteiger charge is 2.17. The standard InChI is InChI=1S/C16H19F2N3/c1-2-7-20-15(13-4-3-8-21-16(13)19)9-11-5-6-12(17)10-14(11)18/h3-6,8,10,15,20H,2,7,9H2,1H3,(H2,19,21). The minimum absolute atomic E-state index is 0.154. The molecular formula is C16H19F2N3. The summed E-state index contributed by atoms with van der Waals surface area (Å²) in [6.45, 7) is 2.83. The molecule has 2 aromatic rings. The van der Waals surface area contributed by atoms with Crippen molar-refractivity contribution in [3.8, 4) is 0 Å². The van der Waals surface area contributed by atoms with E-state index >= 15 is 0 Å². The predicted molar refractivity (Wildman–Crippen MR) is 79.7 cm³/mol. The Morgan fingerprint density at radius 1 is 1.29 bits per heavy atom. The first-order valence-electron chi connectivity index (χ1n) is 6.99. The molecule has 1 heterocycles. The van der Waals surface area contributed by atoms with Gasteiger partial charge >= 0.3 is 0 Å². The number of aromatic nitrogens is 1. The molecule has 0 amide bonds. The smallest absolute Gasteiger partial charge is 0.129 e. The van der Waals surface area contributed by atoms with Crippen LogP contribution < -0.4 is 11.1 Å². The number of nitrogens with zero attached hydrogens (tertiary/aromatic N) is 1. The Bertz CT molecular complexity index is 602. The summed E-state index contributed by atoms with van der Waals surface area (Å²) in [4.78, 5) is 4.07. The van der Waals surface area contributed by atoms with Crippen LogP contribution >= 0.6 is 0 Å². The number of rotatable bonds is 6. The van der Waals surface area contributed by atoms with Crippen molar-refractivity contribution >= 4 is 5.82 Å². The molecule has 1 unspecified atom stereocenters. The van der Waals surface area contributed by atoms with E-state index in [1.165, 1.54) is 12.1 Å². The van der Waals surface area contributed by atoms with Gasteiger partial charge in [-0.25, -0.2) is 13.8 Å². The quantitative estimate of drug-likeness (QED) is 0.859. The highest BCUT2D eigenvalue weighted by molar-refractivity contribution is 5.41. The summed E-state index contributed by atoms with van der Waals surface area (Å²) in [5.41, 5.74) is 7.18. The van der Waals surface area contributed by atoms with E-state index < -0.39 is 11.6 Å². The lowest BCUT2D eigenvalue weighted by molar-refractivity contribution is 0.508. The average molecular weight is 291 g/mol. The van der Waals surface area contributed by atoms with Gasteiger partial charge < -0.3 is 11.1 Å². The molecular weight excluding hydrogens is 272 g/mol. The van der Waals surface area contributed by atoms with Crippen LogP contribution in [-0.4, -0.2) is 11.5 Å². The molecule has 0 bridgehead atoms. The summed E-state index contributed by atoms with van der Waals surface area (Å²) in [6.07, 6.45) is 2.96. The van der Waals surface area contributed by atoms with Crippen molar-refractivity contribution in [2.75, 3.05) is 12.3 Å². The first-order valence-corrected chi connectivity index (χ1v) is 6.99. The number of pyridine rings is 1. The summed E-state index contributed by atoms with van der Waals surface area (Å²) in [5, 5.41) is 3.34. The molecule has 1 aromatic heterocycles. The summed E-state index contributed by atoms with van der Waals surface area (Å²) in [6, 6.07) is 7.15. The zero-order valence-corrected chi connectivity index (χ0v) is 11.9. The Balaban J connectivity index is 2.26. The third-order valence-electron chi connectivity index (χ3n) is 3.33. The monoisotopic (exact) mass is 291 g/mol. The number of nitrogens with two attached hydrogens (primary N) is 1. The van der Waals surface area contributed by atoms with E-state index in [4.69, 9.17) is 5.73 Å². The zero-order chi connectivity index (χ0) is 15.2. The first kappa shape index (κ1) is 15.4. The lowest BCUT2D eigenvalue weighted by Crippen LogP contribution is -2.25. The van der Waals surface area contributed by atoms with E-state index in [0.717, 1.165) is 24.6 Å². The number of nitrogens with one attached hydrogen (secondary N) is 1. The molecule has 0 saturated heterocycles. The summed E-state index contributed by atoms with van der Waals surface area (Å²) < 4.78 is 26.8. The predicted octanol–water partition coefficient (Wildman–Crippen LogP) is 3.23. The van der Waals surface area contributed by atoms with Gasteiger partial charge in [0, 0.05) is 23.9 Å². The van der Waals surface area contributed by atoms with Crippen molar-refractivity contribution in [2.24, 2.45) is 0 Å². The van der Waals surface area contributed by atoms with Gasteiger partial charge in [0.25, 0.3) is 0 Å². The van der Waals surface area contributed by atoms with Crippen LogP contribution in [0.3, 0.4) is 0 Å². The Hall–Kier alpha value is -2.01. The van der Waals surface area contributed by atoms with E-state index in [-0.39, 0.29) is 6.04 Å². The second-order valence-corrected chi connectivity index (χ2v) is 4.92. The number of hydrogen-bond donors (Lipinski definition) is 2. The van der Waals surface area contributed by atoms with Crippen LogP contribution in [-0.2, 0) is 6.42 Å². The van der Waals surface area contributed by atoms with Gasteiger partial charge in [0.1, 0.15) is 17.5 Å². The van der Waals surface area contributed by atoms with Gasteiger partial charge in [0.05, 0.1) is 0 Å². The second kappa shape index (κ2) is 7.13. The molecule has 0 aliphatic carbocycles. The molecule has 1 atom stereocenters. The van der Waals surface area contributed by atoms with Crippen molar-refractivity contribution in [2.45, 2.75) is 25.8 Å². The lowest BCUT2D eigenvalue weighted by atomic mass is 9.98. The number of nitrogen functional groups attached to an aromatic ring is 1. The van der Waals surface area contributed by atoms with Gasteiger partial charge in [0.15, 0.2) is 0 Å². The normalized spacial score (nSPS) is 12.3. The van der Waals surface area contributed by atoms with Crippen LogP contribution in [0.4, 0.5) is 14.6 Å². The minimum Gasteiger partial charge on any atom is -0.383 e. The Morgan fingerprint density at radius 2 is 2.10 bits per heavy atom. The average Bonchev–Trinajstić information content (AvgIpc) is 2.46. The molecule has 3 N–H and O–H groups in total. The molecule has 5 heteroatoms. The molecule has 0 radical (unpaired) electrons. The van der Waals surface area contributed by atoms with Crippen LogP contribution in [0.5, 0.6) is 0 Å². The number of benzene rings is 1. The van der Waals surface area contributed by atoms with Crippen molar-refractivity contribution < 1.29 is 8.78 Å². The lowest BCUT2D eigenvalue weighted by Gasteiger charge is -2.20. The van der Waals surface area contributed by atoms with Crippen LogP contribution in [0.25, 0.3) is 0 Å². The largest absolute Gasteiger partial charge is 0.383 e. The van der Waals surface area contributed by atoms with Gasteiger partial charge in [0.2, 0.25) is 0 Å². The van der Waals surface area contributed by atoms with Crippen molar-refractivity contribution in [3.05, 3.63) is 59.3 Å². The second-order valence-electron chi connectivity index (χ2n) is 4.92. The third-order valence-corrected chi connectivity index (χ3v) is 3.33. The van der Waals surface area contributed by atoms with Crippen molar-refractivity contribution in [1.29, 1.82) is 0 Å². The number of anilines is 1. The molecule has 112 valence electrons. The maximum atomic E-state index is 13.8. The fraction of sp³-hybridized carbons (Fsp3) is 0.312. The Labute approximate surface area is 123 Å². The maximum absolute atomic E-state index is 13.8. The summed E-state index contributed by atoms with van der Waals surface area (Å²) >= 11 is 0. The van der Waals surface area contributed by atoms with Crippen LogP contribution in [0.2, 0.25) is 0 Å². The Kier molecular flexibility index (Phi) is 5.22. The van der Waals surface area contributed by atoms with Crippen LogP contribution in [0.15, 0.2) is 36.5 Å². The highest BCUT2D eigenvalue weighted by atomic mass is 19.1. The highest BCUT2D eigenvalue weighted by Crippen LogP contribution is 2.24. The molecule has 21 heavy (non-hydrogen) atoms. The molecule has 2 rings (SSSR count). The number of halogens is 2. The summed E-state index contributed by atoms with van der Waals surface area (Å²) in [7, 11) is 0. The minimum atomic E-state index is -0.574. The third kappa shape index (κ3) is 3.98. The van der Waals surface area contributed by atoms with Gasteiger partial charge in [-0.3, -0.25) is 0 Å². The molecule has 0 spiro atoms. The fourth-order valence-electron chi connectivity index (χ4n) is 2.24. The SMILES string of the molecule is CCCNC(Cc1ccc(F)cc1F)c1cccnc1N. The first-order chi connectivity index (χ1) is 10.1. The molecule has 0 saturated carbocycles. The topological polar surface area (TPSA) is 50.9 Å². The van der Waals surface area contributed by atoms with E-state index in [9.17, 15) is 8.78 Å². The molecule has 0 aliphatic heterocycles. The van der Waals surface area contributed by atoms with Crippen LogP contribution in [0.1, 0.15) is 30.5 Å². The molecule has 0 aliphatic rings.